The number of rotatable bonds is 4. The van der Waals surface area contributed by atoms with E-state index in [4.69, 9.17) is 22.5 Å². The number of nitrogens with one attached hydrogen (secondary N) is 1. The highest BCUT2D eigenvalue weighted by atomic mass is 35.5. The van der Waals surface area contributed by atoms with Crippen LogP contribution >= 0.6 is 11.6 Å². The van der Waals surface area contributed by atoms with E-state index in [1.165, 1.54) is 0 Å². The smallest absolute Gasteiger partial charge is 0.143 e. The average molecular weight is 242 g/mol. The van der Waals surface area contributed by atoms with Gasteiger partial charge < -0.3 is 16.3 Å². The number of anilines is 1. The molecule has 0 spiro atoms. The summed E-state index contributed by atoms with van der Waals surface area (Å²) >= 11 is 6.05. The molecule has 1 aromatic carbocycles. The first kappa shape index (κ1) is 12.6. The van der Waals surface area contributed by atoms with Gasteiger partial charge in [0.2, 0.25) is 0 Å². The van der Waals surface area contributed by atoms with Gasteiger partial charge in [-0.15, -0.1) is 0 Å². The highest BCUT2D eigenvalue weighted by Gasteiger charge is 2.08. The minimum Gasteiger partial charge on any atom is -0.409 e. The summed E-state index contributed by atoms with van der Waals surface area (Å²) in [7, 11) is 0. The summed E-state index contributed by atoms with van der Waals surface area (Å²) in [5.41, 5.74) is 7.43. The molecule has 4 nitrogen and oxygen atoms in total. The van der Waals surface area contributed by atoms with Crippen LogP contribution in [0.2, 0.25) is 5.02 Å². The van der Waals surface area contributed by atoms with Crippen LogP contribution in [0.3, 0.4) is 0 Å². The van der Waals surface area contributed by atoms with Gasteiger partial charge in [-0.05, 0) is 24.6 Å². The largest absolute Gasteiger partial charge is 0.409 e. The number of hydrogen-bond donors (Lipinski definition) is 3. The zero-order chi connectivity index (χ0) is 12.1. The van der Waals surface area contributed by atoms with Gasteiger partial charge in [-0.3, -0.25) is 0 Å². The Morgan fingerprint density at radius 3 is 2.88 bits per heavy atom. The molecule has 1 aromatic rings. The molecule has 0 aliphatic heterocycles. The molecule has 0 bridgehead atoms. The molecule has 5 heteroatoms. The van der Waals surface area contributed by atoms with Crippen molar-refractivity contribution in [3.05, 3.63) is 28.8 Å². The second-order valence-electron chi connectivity index (χ2n) is 3.79. The van der Waals surface area contributed by atoms with Crippen molar-refractivity contribution in [2.75, 3.05) is 11.9 Å². The van der Waals surface area contributed by atoms with Crippen LogP contribution < -0.4 is 11.1 Å². The number of nitrogens with zero attached hydrogens (tertiary/aromatic N) is 1. The van der Waals surface area contributed by atoms with Crippen molar-refractivity contribution in [3.8, 4) is 0 Å². The molecule has 0 heterocycles. The van der Waals surface area contributed by atoms with Gasteiger partial charge in [-0.25, -0.2) is 0 Å². The maximum Gasteiger partial charge on any atom is 0.143 e. The fourth-order valence-electron chi connectivity index (χ4n) is 1.23. The number of amidine groups is 1. The molecule has 4 N–H and O–H groups in total. The quantitative estimate of drug-likeness (QED) is 0.328. The van der Waals surface area contributed by atoms with E-state index in [-0.39, 0.29) is 11.8 Å². The minimum absolute atomic E-state index is 0.0534. The standard InChI is InChI=1S/C11H16ClN3O/c1-7-3-4-10(9(12)5-7)14-6-8(2)11(13)15-16/h3-5,8,14,16H,6H2,1-2H3,(H2,13,15). The first-order valence-corrected chi connectivity index (χ1v) is 5.40. The van der Waals surface area contributed by atoms with E-state index in [1.807, 2.05) is 32.0 Å². The summed E-state index contributed by atoms with van der Waals surface area (Å²) < 4.78 is 0. The van der Waals surface area contributed by atoms with E-state index in [0.717, 1.165) is 11.3 Å². The van der Waals surface area contributed by atoms with Crippen LogP contribution in [0.1, 0.15) is 12.5 Å². The van der Waals surface area contributed by atoms with Gasteiger partial charge in [-0.1, -0.05) is 29.7 Å². The summed E-state index contributed by atoms with van der Waals surface area (Å²) in [6.07, 6.45) is 0. The van der Waals surface area contributed by atoms with Gasteiger partial charge in [0.15, 0.2) is 0 Å². The summed E-state index contributed by atoms with van der Waals surface area (Å²) in [5.74, 6) is 0.151. The first-order chi connectivity index (χ1) is 7.54. The Morgan fingerprint density at radius 1 is 1.62 bits per heavy atom. The molecule has 1 unspecified atom stereocenters. The molecule has 0 amide bonds. The van der Waals surface area contributed by atoms with Gasteiger partial charge in [-0.2, -0.15) is 0 Å². The Bertz CT molecular complexity index is 393. The number of oxime groups is 1. The van der Waals surface area contributed by atoms with Crippen LogP contribution in [0.25, 0.3) is 0 Å². The summed E-state index contributed by atoms with van der Waals surface area (Å²) in [5, 5.41) is 15.3. The molecule has 0 fully saturated rings. The number of benzene rings is 1. The Hall–Kier alpha value is -1.42. The monoisotopic (exact) mass is 241 g/mol. The molecule has 0 saturated heterocycles. The second kappa shape index (κ2) is 5.61. The molecule has 0 aliphatic rings. The van der Waals surface area contributed by atoms with E-state index in [1.54, 1.807) is 0 Å². The van der Waals surface area contributed by atoms with Gasteiger partial charge in [0.05, 0.1) is 10.7 Å². The molecule has 16 heavy (non-hydrogen) atoms. The Morgan fingerprint density at radius 2 is 2.31 bits per heavy atom. The van der Waals surface area contributed by atoms with E-state index in [0.29, 0.717) is 11.6 Å². The number of nitrogens with two attached hydrogens (primary N) is 1. The van der Waals surface area contributed by atoms with Crippen LogP contribution in [0, 0.1) is 12.8 Å². The highest BCUT2D eigenvalue weighted by molar-refractivity contribution is 6.33. The SMILES string of the molecule is Cc1ccc(NCC(C)C(N)=NO)c(Cl)c1. The van der Waals surface area contributed by atoms with Gasteiger partial charge in [0.1, 0.15) is 5.84 Å². The molecule has 1 rings (SSSR count). The van der Waals surface area contributed by atoms with Crippen molar-refractivity contribution in [2.24, 2.45) is 16.8 Å². The summed E-state index contributed by atoms with van der Waals surface area (Å²) in [6, 6.07) is 5.77. The van der Waals surface area contributed by atoms with Crippen molar-refractivity contribution >= 4 is 23.1 Å². The lowest BCUT2D eigenvalue weighted by molar-refractivity contribution is 0.315. The van der Waals surface area contributed by atoms with Gasteiger partial charge >= 0.3 is 0 Å². The first-order valence-electron chi connectivity index (χ1n) is 5.02. The van der Waals surface area contributed by atoms with Crippen molar-refractivity contribution in [1.82, 2.24) is 0 Å². The van der Waals surface area contributed by atoms with Crippen LogP contribution in [-0.4, -0.2) is 17.6 Å². The Labute approximate surface area is 100 Å². The van der Waals surface area contributed by atoms with Crippen molar-refractivity contribution in [2.45, 2.75) is 13.8 Å². The number of aryl methyl sites for hydroxylation is 1. The molecule has 0 aromatic heterocycles. The summed E-state index contributed by atoms with van der Waals surface area (Å²) in [6.45, 7) is 4.41. The summed E-state index contributed by atoms with van der Waals surface area (Å²) in [4.78, 5) is 0. The zero-order valence-corrected chi connectivity index (χ0v) is 10.1. The lowest BCUT2D eigenvalue weighted by atomic mass is 10.1. The molecule has 88 valence electrons. The second-order valence-corrected chi connectivity index (χ2v) is 4.20. The van der Waals surface area contributed by atoms with E-state index in [9.17, 15) is 0 Å². The third kappa shape index (κ3) is 3.31. The third-order valence-corrected chi connectivity index (χ3v) is 2.66. The molecule has 0 radical (unpaired) electrons. The number of hydrogen-bond acceptors (Lipinski definition) is 3. The Kier molecular flexibility index (Phi) is 4.43. The lowest BCUT2D eigenvalue weighted by Crippen LogP contribution is -2.27. The van der Waals surface area contributed by atoms with Gasteiger partial charge in [0.25, 0.3) is 0 Å². The Balaban J connectivity index is 2.61. The predicted molar refractivity (Wildman–Crippen MR) is 67.3 cm³/mol. The van der Waals surface area contributed by atoms with Crippen molar-refractivity contribution < 1.29 is 5.21 Å². The van der Waals surface area contributed by atoms with Crippen LogP contribution in [0.4, 0.5) is 5.69 Å². The van der Waals surface area contributed by atoms with Crippen molar-refractivity contribution in [3.63, 3.8) is 0 Å². The topological polar surface area (TPSA) is 70.6 Å². The predicted octanol–water partition coefficient (Wildman–Crippen LogP) is 2.44. The minimum atomic E-state index is -0.0534. The maximum atomic E-state index is 8.50. The number of halogens is 1. The zero-order valence-electron chi connectivity index (χ0n) is 9.37. The third-order valence-electron chi connectivity index (χ3n) is 2.34. The average Bonchev–Trinajstić information content (AvgIpc) is 2.26. The fraction of sp³-hybridized carbons (Fsp3) is 0.364. The highest BCUT2D eigenvalue weighted by Crippen LogP contribution is 2.22. The van der Waals surface area contributed by atoms with E-state index >= 15 is 0 Å². The fourth-order valence-corrected chi connectivity index (χ4v) is 1.53. The van der Waals surface area contributed by atoms with Gasteiger partial charge in [0, 0.05) is 12.5 Å². The maximum absolute atomic E-state index is 8.50. The van der Waals surface area contributed by atoms with Crippen molar-refractivity contribution in [1.29, 1.82) is 0 Å². The normalized spacial score (nSPS) is 13.6. The van der Waals surface area contributed by atoms with Crippen LogP contribution in [-0.2, 0) is 0 Å². The van der Waals surface area contributed by atoms with Crippen LogP contribution in [0.5, 0.6) is 0 Å². The molecule has 1 atom stereocenters. The lowest BCUT2D eigenvalue weighted by Gasteiger charge is -2.13. The van der Waals surface area contributed by atoms with Crippen LogP contribution in [0.15, 0.2) is 23.4 Å². The van der Waals surface area contributed by atoms with E-state index < -0.39 is 0 Å². The van der Waals surface area contributed by atoms with E-state index in [2.05, 4.69) is 10.5 Å². The molecular formula is C11H16ClN3O. The molecule has 0 aliphatic carbocycles. The molecular weight excluding hydrogens is 226 g/mol. The molecule has 0 saturated carbocycles.